The molecule has 0 fully saturated rings. The lowest BCUT2D eigenvalue weighted by atomic mass is 9.75. The molecule has 2 aliphatic carbocycles. The van der Waals surface area contributed by atoms with Gasteiger partial charge in [0.05, 0.1) is 17.8 Å². The lowest BCUT2D eigenvalue weighted by molar-refractivity contribution is 0.0137. The van der Waals surface area contributed by atoms with Gasteiger partial charge in [-0.25, -0.2) is 0 Å². The first-order valence-electron chi connectivity index (χ1n) is 14.2. The van der Waals surface area contributed by atoms with Crippen molar-refractivity contribution in [2.45, 2.75) is 138 Å². The van der Waals surface area contributed by atoms with Crippen LogP contribution in [0.2, 0.25) is 0 Å². The predicted octanol–water partition coefficient (Wildman–Crippen LogP) is 8.48. The van der Waals surface area contributed by atoms with Crippen molar-refractivity contribution in [3.63, 3.8) is 0 Å². The number of aliphatic hydroxyl groups is 2. The topological polar surface area (TPSA) is 49.7 Å². The maximum absolute atomic E-state index is 11.2. The summed E-state index contributed by atoms with van der Waals surface area (Å²) in [5.41, 5.74) is 4.74. The molecular formula is C33H56O3. The van der Waals surface area contributed by atoms with Gasteiger partial charge in [-0.3, -0.25) is 0 Å². The van der Waals surface area contributed by atoms with Crippen LogP contribution in [-0.2, 0) is 4.74 Å². The number of hydrogen-bond acceptors (Lipinski definition) is 3. The van der Waals surface area contributed by atoms with Crippen LogP contribution in [0.5, 0.6) is 0 Å². The van der Waals surface area contributed by atoms with E-state index in [1.807, 2.05) is 0 Å². The van der Waals surface area contributed by atoms with E-state index >= 15 is 0 Å². The molecule has 3 heteroatoms. The molecule has 2 atom stereocenters. The monoisotopic (exact) mass is 500 g/mol. The molecule has 3 nitrogen and oxygen atoms in total. The van der Waals surface area contributed by atoms with Crippen molar-refractivity contribution >= 4 is 0 Å². The van der Waals surface area contributed by atoms with Crippen molar-refractivity contribution in [2.24, 2.45) is 16.2 Å². The van der Waals surface area contributed by atoms with Crippen LogP contribution < -0.4 is 0 Å². The molecule has 0 amide bonds. The van der Waals surface area contributed by atoms with E-state index in [4.69, 9.17) is 4.74 Å². The van der Waals surface area contributed by atoms with E-state index in [2.05, 4.69) is 86.6 Å². The number of hydrogen-bond donors (Lipinski definition) is 2. The molecule has 0 radical (unpaired) electrons. The second-order valence-corrected chi connectivity index (χ2v) is 14.4. The summed E-state index contributed by atoms with van der Waals surface area (Å²) in [6.45, 7) is 20.0. The lowest BCUT2D eigenvalue weighted by Crippen LogP contribution is -2.26. The highest BCUT2D eigenvalue weighted by Gasteiger charge is 2.29. The Morgan fingerprint density at radius 2 is 0.972 bits per heavy atom. The summed E-state index contributed by atoms with van der Waals surface area (Å²) in [7, 11) is 1.77. The van der Waals surface area contributed by atoms with Crippen molar-refractivity contribution in [3.8, 4) is 0 Å². The second kappa shape index (κ2) is 12.1. The van der Waals surface area contributed by atoms with Gasteiger partial charge < -0.3 is 14.9 Å². The number of aliphatic hydroxyl groups excluding tert-OH is 2. The SMILES string of the molecule is COC(C)(C)CCCC1=CC(C)(C)C=C(CCCC2=CC(C)(C)C=C(CCCC(C)(C)C)C2O)C1O. The fraction of sp³-hybridized carbons (Fsp3) is 0.758. The first-order chi connectivity index (χ1) is 16.4. The highest BCUT2D eigenvalue weighted by atomic mass is 16.5. The van der Waals surface area contributed by atoms with Gasteiger partial charge in [-0.2, -0.15) is 0 Å². The van der Waals surface area contributed by atoms with E-state index in [1.54, 1.807) is 7.11 Å². The third kappa shape index (κ3) is 9.95. The zero-order valence-corrected chi connectivity index (χ0v) is 25.1. The van der Waals surface area contributed by atoms with E-state index < -0.39 is 12.2 Å². The average Bonchev–Trinajstić information content (AvgIpc) is 2.72. The molecule has 0 spiro atoms. The quantitative estimate of drug-likeness (QED) is 0.264. The molecule has 206 valence electrons. The minimum absolute atomic E-state index is 0.0247. The highest BCUT2D eigenvalue weighted by Crippen LogP contribution is 2.39. The fourth-order valence-corrected chi connectivity index (χ4v) is 5.76. The Hall–Kier alpha value is -1.16. The van der Waals surface area contributed by atoms with Crippen LogP contribution in [0.3, 0.4) is 0 Å². The van der Waals surface area contributed by atoms with Crippen molar-refractivity contribution in [1.82, 2.24) is 0 Å². The van der Waals surface area contributed by atoms with Gasteiger partial charge in [0.2, 0.25) is 0 Å². The molecular weight excluding hydrogens is 444 g/mol. The van der Waals surface area contributed by atoms with E-state index in [9.17, 15) is 10.2 Å². The van der Waals surface area contributed by atoms with Crippen molar-refractivity contribution in [3.05, 3.63) is 46.6 Å². The minimum atomic E-state index is -0.488. The summed E-state index contributed by atoms with van der Waals surface area (Å²) in [6, 6.07) is 0. The Kier molecular flexibility index (Phi) is 10.5. The molecule has 0 saturated carbocycles. The Labute approximate surface area is 222 Å². The Morgan fingerprint density at radius 3 is 1.31 bits per heavy atom. The zero-order chi connectivity index (χ0) is 27.4. The summed E-state index contributed by atoms with van der Waals surface area (Å²) in [4.78, 5) is 0. The third-order valence-corrected chi connectivity index (χ3v) is 7.75. The van der Waals surface area contributed by atoms with Gasteiger partial charge in [0.25, 0.3) is 0 Å². The van der Waals surface area contributed by atoms with Crippen LogP contribution in [0.15, 0.2) is 46.6 Å². The molecule has 0 bridgehead atoms. The van der Waals surface area contributed by atoms with Crippen LogP contribution in [-0.4, -0.2) is 35.1 Å². The van der Waals surface area contributed by atoms with Crippen molar-refractivity contribution in [2.75, 3.05) is 7.11 Å². The first kappa shape index (κ1) is 31.1. The standard InChI is InChI=1S/C33H56O3/c1-30(2,3)18-12-16-26-22-31(4,5)20-24(28(26)34)14-11-15-25-21-32(6,7)23-27(29(25)35)17-13-19-33(8,9)36-10/h20-23,28-29,34-35H,11-19H2,1-10H3. The van der Waals surface area contributed by atoms with Gasteiger partial charge in [-0.05, 0) is 99.3 Å². The minimum Gasteiger partial charge on any atom is -0.384 e. The molecule has 0 aliphatic heterocycles. The Morgan fingerprint density at radius 1 is 0.639 bits per heavy atom. The fourth-order valence-electron chi connectivity index (χ4n) is 5.76. The van der Waals surface area contributed by atoms with Gasteiger partial charge in [-0.1, -0.05) is 72.8 Å². The van der Waals surface area contributed by atoms with Gasteiger partial charge in [-0.15, -0.1) is 0 Å². The molecule has 2 N–H and O–H groups in total. The van der Waals surface area contributed by atoms with E-state index in [0.29, 0.717) is 5.41 Å². The van der Waals surface area contributed by atoms with Crippen LogP contribution in [0.4, 0.5) is 0 Å². The van der Waals surface area contributed by atoms with Crippen molar-refractivity contribution in [1.29, 1.82) is 0 Å². The largest absolute Gasteiger partial charge is 0.384 e. The normalized spacial score (nSPS) is 24.1. The van der Waals surface area contributed by atoms with Crippen LogP contribution in [0, 0.1) is 16.2 Å². The summed E-state index contributed by atoms with van der Waals surface area (Å²) >= 11 is 0. The van der Waals surface area contributed by atoms with E-state index in [-0.39, 0.29) is 16.4 Å². The molecule has 0 aromatic heterocycles. The van der Waals surface area contributed by atoms with E-state index in [1.165, 1.54) is 5.57 Å². The second-order valence-electron chi connectivity index (χ2n) is 14.4. The van der Waals surface area contributed by atoms with Gasteiger partial charge in [0.1, 0.15) is 0 Å². The maximum Gasteiger partial charge on any atom is 0.0961 e. The van der Waals surface area contributed by atoms with Gasteiger partial charge in [0.15, 0.2) is 0 Å². The van der Waals surface area contributed by atoms with Crippen molar-refractivity contribution < 1.29 is 14.9 Å². The average molecular weight is 501 g/mol. The zero-order valence-electron chi connectivity index (χ0n) is 25.1. The molecule has 36 heavy (non-hydrogen) atoms. The molecule has 2 aliphatic rings. The highest BCUT2D eigenvalue weighted by molar-refractivity contribution is 5.36. The summed E-state index contributed by atoms with van der Waals surface area (Å²) in [5, 5.41) is 22.4. The maximum atomic E-state index is 11.2. The van der Waals surface area contributed by atoms with Crippen LogP contribution >= 0.6 is 0 Å². The number of methoxy groups -OCH3 is 1. The van der Waals surface area contributed by atoms with E-state index in [0.717, 1.165) is 74.5 Å². The number of ether oxygens (including phenoxy) is 1. The summed E-state index contributed by atoms with van der Waals surface area (Å²) < 4.78 is 5.57. The third-order valence-electron chi connectivity index (χ3n) is 7.75. The van der Waals surface area contributed by atoms with Gasteiger partial charge >= 0.3 is 0 Å². The van der Waals surface area contributed by atoms with Crippen LogP contribution in [0.25, 0.3) is 0 Å². The molecule has 0 heterocycles. The number of rotatable bonds is 12. The molecule has 0 aromatic rings. The Balaban J connectivity index is 1.97. The molecule has 0 saturated heterocycles. The Bertz CT molecular complexity index is 858. The van der Waals surface area contributed by atoms with Crippen LogP contribution in [0.1, 0.15) is 120 Å². The van der Waals surface area contributed by atoms with Gasteiger partial charge in [0, 0.05) is 17.9 Å². The predicted molar refractivity (Wildman–Crippen MR) is 154 cm³/mol. The smallest absolute Gasteiger partial charge is 0.0961 e. The molecule has 2 rings (SSSR count). The summed E-state index contributed by atoms with van der Waals surface area (Å²) in [5.74, 6) is 0. The lowest BCUT2D eigenvalue weighted by Gasteiger charge is -2.33. The first-order valence-corrected chi connectivity index (χ1v) is 14.2. The molecule has 0 aromatic carbocycles. The summed E-state index contributed by atoms with van der Waals surface area (Å²) in [6.07, 6.45) is 16.9. The number of allylic oxidation sites excluding steroid dienone is 4. The molecule has 2 unspecified atom stereocenters.